The molecule has 140 valence electrons. The molecule has 27 heavy (non-hydrogen) atoms. The van der Waals surface area contributed by atoms with Crippen LogP contribution in [0.3, 0.4) is 0 Å². The van der Waals surface area contributed by atoms with E-state index in [-0.39, 0.29) is 6.61 Å². The number of nitrogens with one attached hydrogen (secondary N) is 1. The molecule has 1 atom stereocenters. The molecule has 3 nitrogen and oxygen atoms in total. The maximum atomic E-state index is 13.2. The fourth-order valence-corrected chi connectivity index (χ4v) is 2.89. The summed E-state index contributed by atoms with van der Waals surface area (Å²) in [6, 6.07) is 22.2. The van der Waals surface area contributed by atoms with Crippen LogP contribution in [0.1, 0.15) is 5.56 Å². The van der Waals surface area contributed by atoms with Crippen LogP contribution in [0.25, 0.3) is 10.8 Å². The van der Waals surface area contributed by atoms with Crippen molar-refractivity contribution in [3.63, 3.8) is 0 Å². The Hall–Kier alpha value is -2.47. The molecular formula is C21H18BrF2NO2. The lowest BCUT2D eigenvalue weighted by Crippen LogP contribution is -2.46. The molecule has 1 amide bonds. The Labute approximate surface area is 164 Å². The van der Waals surface area contributed by atoms with E-state index >= 15 is 0 Å². The Kier molecular flexibility index (Phi) is 6.06. The van der Waals surface area contributed by atoms with Gasteiger partial charge in [-0.15, -0.1) is 0 Å². The van der Waals surface area contributed by atoms with E-state index in [1.165, 1.54) is 0 Å². The first-order valence-electron chi connectivity index (χ1n) is 8.45. The molecule has 0 aliphatic carbocycles. The second kappa shape index (κ2) is 8.48. The normalized spacial score (nSPS) is 12.6. The highest BCUT2D eigenvalue weighted by atomic mass is 79.9. The number of alkyl halides is 3. The van der Waals surface area contributed by atoms with E-state index in [1.807, 2.05) is 72.8 Å². The van der Waals surface area contributed by atoms with Gasteiger partial charge in [-0.3, -0.25) is 4.79 Å². The van der Waals surface area contributed by atoms with Crippen LogP contribution >= 0.6 is 15.9 Å². The lowest BCUT2D eigenvalue weighted by Gasteiger charge is -2.21. The van der Waals surface area contributed by atoms with Crippen molar-refractivity contribution in [2.24, 2.45) is 0 Å². The first-order valence-corrected chi connectivity index (χ1v) is 9.24. The molecule has 0 aliphatic rings. The summed E-state index contributed by atoms with van der Waals surface area (Å²) in [7, 11) is 0. The molecule has 0 saturated carbocycles. The molecule has 0 radical (unpaired) electrons. The van der Waals surface area contributed by atoms with Crippen LogP contribution in [-0.4, -0.2) is 23.4 Å². The molecule has 0 heterocycles. The quantitative estimate of drug-likeness (QED) is 0.536. The summed E-state index contributed by atoms with van der Waals surface area (Å²) in [5.41, 5.74) is 0.919. The van der Waals surface area contributed by atoms with Crippen LogP contribution in [0.2, 0.25) is 0 Å². The number of fused-ring (bicyclic) bond motifs is 1. The summed E-state index contributed by atoms with van der Waals surface area (Å²) in [4.78, 5) is 8.07. The fourth-order valence-electron chi connectivity index (χ4n) is 2.77. The van der Waals surface area contributed by atoms with E-state index in [0.29, 0.717) is 12.2 Å². The Morgan fingerprint density at radius 3 is 2.37 bits per heavy atom. The van der Waals surface area contributed by atoms with Crippen LogP contribution in [0, 0.1) is 0 Å². The highest BCUT2D eigenvalue weighted by Gasteiger charge is 2.36. The Morgan fingerprint density at radius 2 is 1.67 bits per heavy atom. The lowest BCUT2D eigenvalue weighted by atomic mass is 10.1. The molecule has 1 N–H and O–H groups in total. The summed E-state index contributed by atoms with van der Waals surface area (Å²) in [6.07, 6.45) is 0.378. The van der Waals surface area contributed by atoms with E-state index in [2.05, 4.69) is 21.2 Å². The van der Waals surface area contributed by atoms with Gasteiger partial charge in [-0.05, 0) is 34.9 Å². The van der Waals surface area contributed by atoms with Gasteiger partial charge in [0, 0.05) is 15.9 Å². The first-order chi connectivity index (χ1) is 12.9. The molecule has 0 aromatic heterocycles. The van der Waals surface area contributed by atoms with Crippen LogP contribution in [0.15, 0.2) is 72.8 Å². The van der Waals surface area contributed by atoms with Gasteiger partial charge in [0.05, 0.1) is 6.04 Å². The number of carbonyl (C=O) groups is 1. The van der Waals surface area contributed by atoms with Gasteiger partial charge in [-0.1, -0.05) is 60.7 Å². The number of hydrogen-bond donors (Lipinski definition) is 1. The minimum atomic E-state index is -3.62. The second-order valence-corrected chi connectivity index (χ2v) is 7.17. The molecule has 0 saturated heterocycles. The summed E-state index contributed by atoms with van der Waals surface area (Å²) in [5.74, 6) is -0.767. The zero-order valence-electron chi connectivity index (χ0n) is 14.4. The molecule has 3 aromatic carbocycles. The van der Waals surface area contributed by atoms with Crippen LogP contribution < -0.4 is 10.1 Å². The van der Waals surface area contributed by atoms with Crippen molar-refractivity contribution in [1.82, 2.24) is 5.32 Å². The SMILES string of the molecule is O=C(NC(COc1ccc2ccccc2c1)Cc1ccccc1)C(F)(F)Br. The van der Waals surface area contributed by atoms with Gasteiger partial charge in [-0.25, -0.2) is 0 Å². The van der Waals surface area contributed by atoms with Gasteiger partial charge in [0.1, 0.15) is 12.4 Å². The van der Waals surface area contributed by atoms with Gasteiger partial charge in [0.2, 0.25) is 0 Å². The van der Waals surface area contributed by atoms with Crippen molar-refractivity contribution in [2.75, 3.05) is 6.61 Å². The summed E-state index contributed by atoms with van der Waals surface area (Å²) < 4.78 is 32.2. The van der Waals surface area contributed by atoms with Gasteiger partial charge in [-0.2, -0.15) is 8.78 Å². The molecule has 3 rings (SSSR count). The zero-order chi connectivity index (χ0) is 19.3. The molecule has 0 aliphatic heterocycles. The van der Waals surface area contributed by atoms with Gasteiger partial charge < -0.3 is 10.1 Å². The van der Waals surface area contributed by atoms with Crippen molar-refractivity contribution in [2.45, 2.75) is 17.3 Å². The minimum Gasteiger partial charge on any atom is -0.491 e. The van der Waals surface area contributed by atoms with Gasteiger partial charge in [0.25, 0.3) is 0 Å². The maximum absolute atomic E-state index is 13.2. The monoisotopic (exact) mass is 433 g/mol. The minimum absolute atomic E-state index is 0.0715. The number of carbonyl (C=O) groups excluding carboxylic acids is 1. The van der Waals surface area contributed by atoms with Gasteiger partial charge in [0.15, 0.2) is 0 Å². The predicted molar refractivity (Wildman–Crippen MR) is 105 cm³/mol. The van der Waals surface area contributed by atoms with Crippen molar-refractivity contribution >= 4 is 32.6 Å². The molecule has 1 unspecified atom stereocenters. The molecule has 6 heteroatoms. The number of benzene rings is 3. The third kappa shape index (κ3) is 5.50. The molecule has 0 spiro atoms. The fraction of sp³-hybridized carbons (Fsp3) is 0.190. The highest BCUT2D eigenvalue weighted by molar-refractivity contribution is 9.10. The van der Waals surface area contributed by atoms with Crippen molar-refractivity contribution in [3.05, 3.63) is 78.4 Å². The largest absolute Gasteiger partial charge is 0.491 e. The van der Waals surface area contributed by atoms with E-state index < -0.39 is 16.8 Å². The molecular weight excluding hydrogens is 416 g/mol. The number of halogens is 3. The van der Waals surface area contributed by atoms with Crippen LogP contribution in [0.5, 0.6) is 5.75 Å². The molecule has 3 aromatic rings. The van der Waals surface area contributed by atoms with Gasteiger partial charge >= 0.3 is 10.7 Å². The third-order valence-electron chi connectivity index (χ3n) is 4.09. The van der Waals surface area contributed by atoms with E-state index in [1.54, 1.807) is 0 Å². The first kappa shape index (κ1) is 19.3. The average molecular weight is 434 g/mol. The Morgan fingerprint density at radius 1 is 1.00 bits per heavy atom. The van der Waals surface area contributed by atoms with E-state index in [4.69, 9.17) is 4.74 Å². The number of amides is 1. The maximum Gasteiger partial charge on any atom is 0.377 e. The van der Waals surface area contributed by atoms with Crippen molar-refractivity contribution in [3.8, 4) is 5.75 Å². The van der Waals surface area contributed by atoms with E-state index in [9.17, 15) is 13.6 Å². The molecule has 0 fully saturated rings. The second-order valence-electron chi connectivity index (χ2n) is 6.18. The lowest BCUT2D eigenvalue weighted by molar-refractivity contribution is -0.135. The highest BCUT2D eigenvalue weighted by Crippen LogP contribution is 2.23. The Balaban J connectivity index is 1.72. The smallest absolute Gasteiger partial charge is 0.377 e. The summed E-state index contributed by atoms with van der Waals surface area (Å²) in [6.45, 7) is 0.0715. The average Bonchev–Trinajstić information content (AvgIpc) is 2.66. The summed E-state index contributed by atoms with van der Waals surface area (Å²) in [5, 5.41) is 4.45. The van der Waals surface area contributed by atoms with Crippen molar-refractivity contribution in [1.29, 1.82) is 0 Å². The Bertz CT molecular complexity index is 913. The molecule has 0 bridgehead atoms. The topological polar surface area (TPSA) is 38.3 Å². The van der Waals surface area contributed by atoms with Crippen LogP contribution in [0.4, 0.5) is 8.78 Å². The third-order valence-corrected chi connectivity index (χ3v) is 4.45. The number of ether oxygens (including phenoxy) is 1. The summed E-state index contributed by atoms with van der Waals surface area (Å²) >= 11 is 2.09. The number of hydrogen-bond acceptors (Lipinski definition) is 2. The number of rotatable bonds is 7. The zero-order valence-corrected chi connectivity index (χ0v) is 16.0. The van der Waals surface area contributed by atoms with Crippen molar-refractivity contribution < 1.29 is 18.3 Å². The van der Waals surface area contributed by atoms with E-state index in [0.717, 1.165) is 16.3 Å². The predicted octanol–water partition coefficient (Wildman–Crippen LogP) is 4.93. The standard InChI is InChI=1S/C21H18BrF2NO2/c22-21(23,24)20(26)25-18(12-15-6-2-1-3-7-15)14-27-19-11-10-16-8-4-5-9-17(16)13-19/h1-11,13,18H,12,14H2,(H,25,26). The van der Waals surface area contributed by atoms with Crippen LogP contribution in [-0.2, 0) is 11.2 Å².